The van der Waals surface area contributed by atoms with Gasteiger partial charge in [-0.2, -0.15) is 0 Å². The van der Waals surface area contributed by atoms with Gasteiger partial charge in [0, 0.05) is 28.7 Å². The number of ether oxygens (including phenoxy) is 1. The van der Waals surface area contributed by atoms with Crippen molar-refractivity contribution in [2.24, 2.45) is 5.92 Å². The molecule has 2 aliphatic rings. The Bertz CT molecular complexity index is 860. The first kappa shape index (κ1) is 19.5. The molecule has 1 aromatic carbocycles. The van der Waals surface area contributed by atoms with Gasteiger partial charge in [0.1, 0.15) is 0 Å². The van der Waals surface area contributed by atoms with Crippen LogP contribution < -0.4 is 5.32 Å². The second-order valence-electron chi connectivity index (χ2n) is 8.92. The van der Waals surface area contributed by atoms with E-state index < -0.39 is 5.97 Å². The number of aromatic carboxylic acids is 1. The third-order valence-corrected chi connectivity index (χ3v) is 6.82. The molecule has 152 valence electrons. The van der Waals surface area contributed by atoms with Crippen LogP contribution in [0.1, 0.15) is 68.5 Å². The number of nitrogens with one attached hydrogen (secondary N) is 1. The third kappa shape index (κ3) is 3.35. The number of hydrogen-bond acceptors (Lipinski definition) is 3. The van der Waals surface area contributed by atoms with E-state index in [1.54, 1.807) is 0 Å². The molecule has 28 heavy (non-hydrogen) atoms. The number of nitrogens with zero attached hydrogens (tertiary/aromatic N) is 1. The monoisotopic (exact) mass is 384 g/mol. The summed E-state index contributed by atoms with van der Waals surface area (Å²) in [6, 6.07) is 8.84. The van der Waals surface area contributed by atoms with Crippen LogP contribution in [0.5, 0.6) is 0 Å². The first-order valence-electron chi connectivity index (χ1n) is 10.6. The van der Waals surface area contributed by atoms with Gasteiger partial charge >= 0.3 is 5.97 Å². The van der Waals surface area contributed by atoms with Crippen LogP contribution in [0.2, 0.25) is 0 Å². The predicted molar refractivity (Wildman–Crippen MR) is 111 cm³/mol. The summed E-state index contributed by atoms with van der Waals surface area (Å²) < 4.78 is 7.69. The van der Waals surface area contributed by atoms with Gasteiger partial charge in [-0.3, -0.25) is 0 Å². The zero-order valence-corrected chi connectivity index (χ0v) is 17.2. The molecule has 1 atom stereocenters. The van der Waals surface area contributed by atoms with Crippen molar-refractivity contribution in [3.8, 4) is 0 Å². The number of aromatic nitrogens is 1. The maximum absolute atomic E-state index is 12.0. The number of carbonyl (C=O) groups is 1. The minimum absolute atomic E-state index is 0.158. The molecule has 0 spiro atoms. The fraction of sp³-hybridized carbons (Fsp3) is 0.609. The average molecular weight is 385 g/mol. The van der Waals surface area contributed by atoms with E-state index in [1.165, 1.54) is 25.7 Å². The van der Waals surface area contributed by atoms with Crippen LogP contribution in [0, 0.1) is 5.92 Å². The molecule has 1 saturated carbocycles. The van der Waals surface area contributed by atoms with Gasteiger partial charge in [0.2, 0.25) is 0 Å². The molecular formula is C23H32N2O3. The fourth-order valence-electron chi connectivity index (χ4n) is 5.31. The number of hydrogen-bond donors (Lipinski definition) is 2. The molecule has 0 amide bonds. The molecule has 1 aliphatic carbocycles. The van der Waals surface area contributed by atoms with E-state index in [0.717, 1.165) is 36.2 Å². The van der Waals surface area contributed by atoms with Crippen LogP contribution in [-0.4, -0.2) is 40.4 Å². The van der Waals surface area contributed by atoms with E-state index >= 15 is 0 Å². The normalized spacial score (nSPS) is 25.4. The molecule has 1 aliphatic heterocycles. The van der Waals surface area contributed by atoms with Gasteiger partial charge in [-0.15, -0.1) is 0 Å². The third-order valence-electron chi connectivity index (χ3n) is 6.82. The average Bonchev–Trinajstić information content (AvgIpc) is 3.01. The van der Waals surface area contributed by atoms with Crippen molar-refractivity contribution in [3.05, 3.63) is 35.5 Å². The van der Waals surface area contributed by atoms with Crippen LogP contribution in [0.15, 0.2) is 24.3 Å². The zero-order valence-electron chi connectivity index (χ0n) is 17.2. The fourth-order valence-corrected chi connectivity index (χ4v) is 5.31. The number of fused-ring (bicyclic) bond motifs is 1. The van der Waals surface area contributed by atoms with Crippen LogP contribution in [0.25, 0.3) is 10.9 Å². The van der Waals surface area contributed by atoms with E-state index in [-0.39, 0.29) is 5.54 Å². The van der Waals surface area contributed by atoms with Gasteiger partial charge in [-0.1, -0.05) is 25.1 Å². The molecule has 2 fully saturated rings. The Morgan fingerprint density at radius 1 is 1.29 bits per heavy atom. The summed E-state index contributed by atoms with van der Waals surface area (Å²) in [4.78, 5) is 12.0. The summed E-state index contributed by atoms with van der Waals surface area (Å²) in [5.41, 5.74) is 2.66. The van der Waals surface area contributed by atoms with Crippen LogP contribution >= 0.6 is 0 Å². The van der Waals surface area contributed by atoms with E-state index in [9.17, 15) is 9.90 Å². The quantitative estimate of drug-likeness (QED) is 0.775. The van der Waals surface area contributed by atoms with Crippen LogP contribution in [0.3, 0.4) is 0 Å². The lowest BCUT2D eigenvalue weighted by molar-refractivity contribution is -0.0719. The SMILES string of the molecule is CCc1c(C(=O)O)c2ccccc2n1C(C)C1CCC(NC2(C)COC2)CC1. The van der Waals surface area contributed by atoms with Gasteiger partial charge < -0.3 is 19.7 Å². The number of carboxylic acid groups (broad SMARTS) is 1. The number of para-hydroxylation sites is 1. The maximum Gasteiger partial charge on any atom is 0.338 e. The summed E-state index contributed by atoms with van der Waals surface area (Å²) in [6.45, 7) is 8.22. The van der Waals surface area contributed by atoms with Crippen molar-refractivity contribution in [1.82, 2.24) is 9.88 Å². The first-order chi connectivity index (χ1) is 13.4. The Hall–Kier alpha value is -1.85. The van der Waals surface area contributed by atoms with Crippen LogP contribution in [0.4, 0.5) is 0 Å². The Labute approximate surface area is 167 Å². The minimum atomic E-state index is -0.817. The van der Waals surface area contributed by atoms with E-state index in [2.05, 4.69) is 36.7 Å². The highest BCUT2D eigenvalue weighted by atomic mass is 16.5. The van der Waals surface area contributed by atoms with Crippen molar-refractivity contribution in [3.63, 3.8) is 0 Å². The highest BCUT2D eigenvalue weighted by molar-refractivity contribution is 6.05. The second kappa shape index (κ2) is 7.53. The number of rotatable bonds is 6. The molecule has 5 heteroatoms. The largest absolute Gasteiger partial charge is 0.478 e. The van der Waals surface area contributed by atoms with Crippen molar-refractivity contribution < 1.29 is 14.6 Å². The summed E-state index contributed by atoms with van der Waals surface area (Å²) in [5, 5.41) is 14.5. The summed E-state index contributed by atoms with van der Waals surface area (Å²) in [7, 11) is 0. The summed E-state index contributed by atoms with van der Waals surface area (Å²) >= 11 is 0. The zero-order chi connectivity index (χ0) is 19.9. The van der Waals surface area contributed by atoms with E-state index in [1.807, 2.05) is 18.2 Å². The Morgan fingerprint density at radius 2 is 1.96 bits per heavy atom. The minimum Gasteiger partial charge on any atom is -0.478 e. The first-order valence-corrected chi connectivity index (χ1v) is 10.6. The van der Waals surface area contributed by atoms with Crippen molar-refractivity contribution in [1.29, 1.82) is 0 Å². The molecule has 1 saturated heterocycles. The predicted octanol–water partition coefficient (Wildman–Crippen LogP) is 4.40. The molecule has 5 nitrogen and oxygen atoms in total. The van der Waals surface area contributed by atoms with Gasteiger partial charge in [-0.05, 0) is 57.9 Å². The summed E-state index contributed by atoms with van der Waals surface area (Å²) in [5.74, 6) is -0.242. The van der Waals surface area contributed by atoms with E-state index in [4.69, 9.17) is 4.74 Å². The van der Waals surface area contributed by atoms with Crippen LogP contribution in [-0.2, 0) is 11.2 Å². The molecule has 1 unspecified atom stereocenters. The van der Waals surface area contributed by atoms with Gasteiger partial charge in [0.05, 0.1) is 24.3 Å². The van der Waals surface area contributed by atoms with Crippen molar-refractivity contribution in [2.75, 3.05) is 13.2 Å². The topological polar surface area (TPSA) is 63.5 Å². The molecule has 4 rings (SSSR count). The lowest BCUT2D eigenvalue weighted by Gasteiger charge is -2.44. The second-order valence-corrected chi connectivity index (χ2v) is 8.92. The van der Waals surface area contributed by atoms with Crippen molar-refractivity contribution >= 4 is 16.9 Å². The lowest BCUT2D eigenvalue weighted by Crippen LogP contribution is -2.61. The molecule has 0 radical (unpaired) electrons. The number of benzene rings is 1. The Morgan fingerprint density at radius 3 is 2.54 bits per heavy atom. The van der Waals surface area contributed by atoms with E-state index in [0.29, 0.717) is 23.6 Å². The summed E-state index contributed by atoms with van der Waals surface area (Å²) in [6.07, 6.45) is 5.44. The molecule has 2 N–H and O–H groups in total. The lowest BCUT2D eigenvalue weighted by atomic mass is 9.80. The molecule has 0 bridgehead atoms. The van der Waals surface area contributed by atoms with Gasteiger partial charge in [0.15, 0.2) is 0 Å². The van der Waals surface area contributed by atoms with Gasteiger partial charge in [-0.25, -0.2) is 4.79 Å². The van der Waals surface area contributed by atoms with Gasteiger partial charge in [0.25, 0.3) is 0 Å². The molecule has 2 aromatic rings. The Kier molecular flexibility index (Phi) is 5.23. The maximum atomic E-state index is 12.0. The smallest absolute Gasteiger partial charge is 0.338 e. The molecule has 2 heterocycles. The standard InChI is InChI=1S/C23H32N2O3/c1-4-19-21(22(26)27)18-7-5-6-8-20(18)25(19)15(2)16-9-11-17(12-10-16)24-23(3)13-28-14-23/h5-8,15-17,24H,4,9-14H2,1-3H3,(H,26,27). The highest BCUT2D eigenvalue weighted by Gasteiger charge is 2.37. The van der Waals surface area contributed by atoms with Crippen molar-refractivity contribution in [2.45, 2.75) is 70.5 Å². The highest BCUT2D eigenvalue weighted by Crippen LogP contribution is 2.38. The molecule has 1 aromatic heterocycles. The Balaban J connectivity index is 1.56. The molecular weight excluding hydrogens is 352 g/mol. The number of carboxylic acids is 1.